The molecule has 1 aromatic carbocycles. The van der Waals surface area contributed by atoms with Crippen LogP contribution in [0.15, 0.2) is 30.5 Å². The van der Waals surface area contributed by atoms with Gasteiger partial charge < -0.3 is 43.2 Å². The number of nitrogens with one attached hydrogen (secondary N) is 4. The largest absolute Gasteiger partial charge is 0.480 e. The summed E-state index contributed by atoms with van der Waals surface area (Å²) >= 11 is 0. The molecule has 202 valence electrons. The van der Waals surface area contributed by atoms with E-state index in [-0.39, 0.29) is 12.8 Å². The molecule has 0 spiro atoms. The van der Waals surface area contributed by atoms with Crippen LogP contribution in [-0.2, 0) is 30.4 Å². The first-order valence-corrected chi connectivity index (χ1v) is 12.0. The zero-order chi connectivity index (χ0) is 27.5. The third-order valence-corrected chi connectivity index (χ3v) is 5.80. The maximum atomic E-state index is 13.1. The standard InChI is InChI=1S/C24H35N7O6/c1-13(24(36)37)29-23(35)19(11-20(27)32)31-22(34)18(8-4-5-9-25)30-21(33)16(26)10-14-12-28-17-7-3-2-6-15(14)17/h2-3,6-7,12-13,16,18-19,28H,4-5,8-11,25-26H2,1H3,(H2,27,32)(H,29,35)(H,30,33)(H,31,34)(H,36,37). The second kappa shape index (κ2) is 13.9. The number of fused-ring (bicyclic) bond motifs is 1. The summed E-state index contributed by atoms with van der Waals surface area (Å²) in [5, 5.41) is 17.2. The normalized spacial score (nSPS) is 14.2. The van der Waals surface area contributed by atoms with E-state index in [9.17, 15) is 24.0 Å². The Morgan fingerprint density at radius 3 is 2.27 bits per heavy atom. The van der Waals surface area contributed by atoms with Crippen molar-refractivity contribution in [1.29, 1.82) is 0 Å². The molecule has 4 atom stereocenters. The molecule has 0 radical (unpaired) electrons. The van der Waals surface area contributed by atoms with Gasteiger partial charge in [-0.25, -0.2) is 0 Å². The van der Waals surface area contributed by atoms with E-state index >= 15 is 0 Å². The average Bonchev–Trinajstić information content (AvgIpc) is 3.25. The summed E-state index contributed by atoms with van der Waals surface area (Å²) in [5.74, 6) is -4.39. The number of aromatic amines is 1. The molecule has 2 aromatic rings. The average molecular weight is 518 g/mol. The maximum absolute atomic E-state index is 13.1. The fraction of sp³-hybridized carbons (Fsp3) is 0.458. The molecule has 1 heterocycles. The van der Waals surface area contributed by atoms with Crippen LogP contribution in [0.2, 0.25) is 0 Å². The highest BCUT2D eigenvalue weighted by Gasteiger charge is 2.30. The highest BCUT2D eigenvalue weighted by atomic mass is 16.4. The molecule has 0 bridgehead atoms. The Bertz CT molecular complexity index is 1120. The number of para-hydroxylation sites is 1. The van der Waals surface area contributed by atoms with Crippen molar-refractivity contribution in [3.05, 3.63) is 36.0 Å². The lowest BCUT2D eigenvalue weighted by Gasteiger charge is -2.24. The fourth-order valence-corrected chi connectivity index (χ4v) is 3.73. The molecule has 1 aromatic heterocycles. The number of benzene rings is 1. The Kier molecular flexibility index (Phi) is 11.0. The van der Waals surface area contributed by atoms with Crippen LogP contribution in [0.25, 0.3) is 10.9 Å². The zero-order valence-corrected chi connectivity index (χ0v) is 20.7. The van der Waals surface area contributed by atoms with Crippen molar-refractivity contribution in [2.45, 2.75) is 63.2 Å². The second-order valence-electron chi connectivity index (χ2n) is 8.82. The van der Waals surface area contributed by atoms with Crippen molar-refractivity contribution >= 4 is 40.5 Å². The Morgan fingerprint density at radius 1 is 0.973 bits per heavy atom. The van der Waals surface area contributed by atoms with E-state index < -0.39 is 60.2 Å². The molecule has 13 heteroatoms. The number of carbonyl (C=O) groups excluding carboxylic acids is 4. The van der Waals surface area contributed by atoms with Gasteiger partial charge in [-0.15, -0.1) is 0 Å². The highest BCUT2D eigenvalue weighted by molar-refractivity contribution is 5.96. The van der Waals surface area contributed by atoms with Gasteiger partial charge in [-0.05, 0) is 50.8 Å². The van der Waals surface area contributed by atoms with E-state index in [1.807, 2.05) is 24.3 Å². The molecule has 0 aliphatic rings. The first kappa shape index (κ1) is 29.3. The van der Waals surface area contributed by atoms with Crippen LogP contribution in [0.1, 0.15) is 38.2 Å². The molecule has 0 saturated carbocycles. The number of aromatic nitrogens is 1. The smallest absolute Gasteiger partial charge is 0.325 e. The van der Waals surface area contributed by atoms with Crippen molar-refractivity contribution in [3.63, 3.8) is 0 Å². The molecule has 0 saturated heterocycles. The van der Waals surface area contributed by atoms with Crippen molar-refractivity contribution in [2.75, 3.05) is 6.54 Å². The Morgan fingerprint density at radius 2 is 1.62 bits per heavy atom. The lowest BCUT2D eigenvalue weighted by atomic mass is 10.0. The topological polar surface area (TPSA) is 236 Å². The maximum Gasteiger partial charge on any atom is 0.325 e. The number of H-pyrrole nitrogens is 1. The van der Waals surface area contributed by atoms with Crippen LogP contribution in [0.5, 0.6) is 0 Å². The first-order valence-electron chi connectivity index (χ1n) is 12.0. The second-order valence-corrected chi connectivity index (χ2v) is 8.82. The van der Waals surface area contributed by atoms with E-state index in [1.54, 1.807) is 6.20 Å². The van der Waals surface area contributed by atoms with Crippen molar-refractivity contribution < 1.29 is 29.1 Å². The lowest BCUT2D eigenvalue weighted by molar-refractivity contribution is -0.142. The molecule has 11 N–H and O–H groups in total. The molecule has 4 amide bonds. The molecule has 37 heavy (non-hydrogen) atoms. The zero-order valence-electron chi connectivity index (χ0n) is 20.7. The van der Waals surface area contributed by atoms with Crippen LogP contribution in [0, 0.1) is 0 Å². The number of hydrogen-bond donors (Lipinski definition) is 8. The summed E-state index contributed by atoms with van der Waals surface area (Å²) in [4.78, 5) is 64.1. The SMILES string of the molecule is CC(NC(=O)C(CC(N)=O)NC(=O)C(CCCCN)NC(=O)C(N)Cc1c[nH]c2ccccc12)C(=O)O. The van der Waals surface area contributed by atoms with Gasteiger partial charge in [0, 0.05) is 17.1 Å². The van der Waals surface area contributed by atoms with Gasteiger partial charge in [-0.3, -0.25) is 24.0 Å². The van der Waals surface area contributed by atoms with Crippen LogP contribution in [0.3, 0.4) is 0 Å². The van der Waals surface area contributed by atoms with Crippen molar-refractivity contribution in [1.82, 2.24) is 20.9 Å². The monoisotopic (exact) mass is 517 g/mol. The number of unbranched alkanes of at least 4 members (excludes halogenated alkanes) is 1. The van der Waals surface area contributed by atoms with E-state index in [0.29, 0.717) is 19.4 Å². The summed E-state index contributed by atoms with van der Waals surface area (Å²) in [5.41, 5.74) is 18.6. The number of hydrogen-bond acceptors (Lipinski definition) is 7. The molecule has 0 aliphatic carbocycles. The van der Waals surface area contributed by atoms with Crippen LogP contribution in [-0.4, -0.2) is 70.4 Å². The number of primary amides is 1. The first-order chi connectivity index (χ1) is 17.5. The third-order valence-electron chi connectivity index (χ3n) is 5.80. The highest BCUT2D eigenvalue weighted by Crippen LogP contribution is 2.18. The number of amides is 4. The van der Waals surface area contributed by atoms with Gasteiger partial charge in [-0.2, -0.15) is 0 Å². The lowest BCUT2D eigenvalue weighted by Crippen LogP contribution is -2.57. The number of aliphatic carboxylic acids is 1. The predicted octanol–water partition coefficient (Wildman–Crippen LogP) is -1.40. The van der Waals surface area contributed by atoms with Crippen LogP contribution in [0.4, 0.5) is 0 Å². The number of rotatable bonds is 15. The van der Waals surface area contributed by atoms with Gasteiger partial charge in [0.25, 0.3) is 0 Å². The summed E-state index contributed by atoms with van der Waals surface area (Å²) in [6.45, 7) is 1.61. The summed E-state index contributed by atoms with van der Waals surface area (Å²) in [7, 11) is 0. The third kappa shape index (κ3) is 8.88. The summed E-state index contributed by atoms with van der Waals surface area (Å²) in [6.07, 6.45) is 2.71. The minimum absolute atomic E-state index is 0.199. The molecular formula is C24H35N7O6. The summed E-state index contributed by atoms with van der Waals surface area (Å²) in [6, 6.07) is 2.83. The molecule has 4 unspecified atom stereocenters. The molecular weight excluding hydrogens is 482 g/mol. The predicted molar refractivity (Wildman–Crippen MR) is 136 cm³/mol. The van der Waals surface area contributed by atoms with Gasteiger partial charge in [0.05, 0.1) is 12.5 Å². The Labute approximate surface area is 213 Å². The summed E-state index contributed by atoms with van der Waals surface area (Å²) < 4.78 is 0. The Balaban J connectivity index is 2.11. The van der Waals surface area contributed by atoms with Crippen LogP contribution >= 0.6 is 0 Å². The van der Waals surface area contributed by atoms with Gasteiger partial charge in [0.2, 0.25) is 23.6 Å². The minimum atomic E-state index is -1.43. The number of carbonyl (C=O) groups is 5. The van der Waals surface area contributed by atoms with Crippen LogP contribution < -0.4 is 33.2 Å². The van der Waals surface area contributed by atoms with E-state index in [0.717, 1.165) is 16.5 Å². The van der Waals surface area contributed by atoms with Gasteiger partial charge in [0.15, 0.2) is 0 Å². The van der Waals surface area contributed by atoms with Gasteiger partial charge >= 0.3 is 5.97 Å². The fourth-order valence-electron chi connectivity index (χ4n) is 3.73. The quantitative estimate of drug-likeness (QED) is 0.130. The van der Waals surface area contributed by atoms with E-state index in [1.165, 1.54) is 6.92 Å². The molecule has 2 rings (SSSR count). The number of carboxylic acid groups (broad SMARTS) is 1. The molecule has 13 nitrogen and oxygen atoms in total. The number of nitrogens with two attached hydrogens (primary N) is 3. The van der Waals surface area contributed by atoms with E-state index in [4.69, 9.17) is 22.3 Å². The van der Waals surface area contributed by atoms with E-state index in [2.05, 4.69) is 20.9 Å². The van der Waals surface area contributed by atoms with Gasteiger partial charge in [-0.1, -0.05) is 18.2 Å². The molecule has 0 fully saturated rings. The van der Waals surface area contributed by atoms with Gasteiger partial charge in [0.1, 0.15) is 18.1 Å². The molecule has 0 aliphatic heterocycles. The Hall–Kier alpha value is -3.97. The van der Waals surface area contributed by atoms with Crippen molar-refractivity contribution in [2.24, 2.45) is 17.2 Å². The van der Waals surface area contributed by atoms with Crippen molar-refractivity contribution in [3.8, 4) is 0 Å². The minimum Gasteiger partial charge on any atom is -0.480 e. The number of carboxylic acids is 1.